The Kier molecular flexibility index (Phi) is 3.59. The van der Waals surface area contributed by atoms with Gasteiger partial charge < -0.3 is 19.9 Å². The molecule has 1 aromatic carbocycles. The van der Waals surface area contributed by atoms with E-state index < -0.39 is 13.1 Å². The predicted octanol–water partition coefficient (Wildman–Crippen LogP) is 0.861. The van der Waals surface area contributed by atoms with Crippen LogP contribution in [0.25, 0.3) is 0 Å². The van der Waals surface area contributed by atoms with Gasteiger partial charge in [0.25, 0.3) is 0 Å². The number of carboxylic acids is 1. The second-order valence-electron chi connectivity index (χ2n) is 4.54. The number of fused-ring (bicyclic) bond motifs is 1. The van der Waals surface area contributed by atoms with Gasteiger partial charge in [-0.1, -0.05) is 12.1 Å². The van der Waals surface area contributed by atoms with Crippen LogP contribution in [0.2, 0.25) is 5.82 Å². The van der Waals surface area contributed by atoms with Gasteiger partial charge in [-0.3, -0.25) is 0 Å². The summed E-state index contributed by atoms with van der Waals surface area (Å²) in [6.45, 7) is 1.66. The molecule has 0 aromatic heterocycles. The minimum Gasteiger partial charge on any atom is -0.535 e. The highest BCUT2D eigenvalue weighted by Gasteiger charge is 2.36. The molecule has 0 spiro atoms. The Morgan fingerprint density at radius 3 is 2.89 bits per heavy atom. The topological polar surface area (TPSA) is 87.0 Å². The third-order valence-electron chi connectivity index (χ3n) is 3.29. The van der Waals surface area contributed by atoms with Crippen LogP contribution >= 0.6 is 0 Å². The number of aryl methyl sites for hydroxylation is 1. The highest BCUT2D eigenvalue weighted by Crippen LogP contribution is 2.37. The van der Waals surface area contributed by atoms with Gasteiger partial charge >= 0.3 is 13.1 Å². The molecule has 1 aliphatic heterocycles. The van der Waals surface area contributed by atoms with Gasteiger partial charge in [0.2, 0.25) is 0 Å². The Hall–Kier alpha value is -1.53. The van der Waals surface area contributed by atoms with Crippen LogP contribution in [0.3, 0.4) is 0 Å². The summed E-state index contributed by atoms with van der Waals surface area (Å²) >= 11 is 0. The minimum absolute atomic E-state index is 0.0297. The van der Waals surface area contributed by atoms with Gasteiger partial charge in [-0.2, -0.15) is 0 Å². The molecule has 0 radical (unpaired) electrons. The lowest BCUT2D eigenvalue weighted by molar-refractivity contribution is 0.0693. The zero-order chi connectivity index (χ0) is 13.3. The fourth-order valence-corrected chi connectivity index (χ4v) is 2.30. The Morgan fingerprint density at radius 2 is 2.28 bits per heavy atom. The van der Waals surface area contributed by atoms with Gasteiger partial charge in [-0.05, 0) is 30.9 Å². The average Bonchev–Trinajstić information content (AvgIpc) is 2.30. The van der Waals surface area contributed by atoms with E-state index in [4.69, 9.17) is 9.76 Å². The predicted molar refractivity (Wildman–Crippen MR) is 65.9 cm³/mol. The van der Waals surface area contributed by atoms with Gasteiger partial charge in [-0.15, -0.1) is 0 Å². The first-order valence-electron chi connectivity index (χ1n) is 5.86. The first-order valence-corrected chi connectivity index (χ1v) is 5.86. The Bertz CT molecular complexity index is 474. The summed E-state index contributed by atoms with van der Waals surface area (Å²) in [7, 11) is -1.07. The number of carbonyl (C=O) groups is 1. The molecule has 0 unspecified atom stereocenters. The molecular formula is C12H15BO5. The van der Waals surface area contributed by atoms with Crippen LogP contribution < -0.4 is 4.65 Å². The van der Waals surface area contributed by atoms with Crippen molar-refractivity contribution in [2.24, 2.45) is 0 Å². The summed E-state index contributed by atoms with van der Waals surface area (Å²) in [4.78, 5) is 11.2. The van der Waals surface area contributed by atoms with Gasteiger partial charge in [-0.25, -0.2) is 4.79 Å². The van der Waals surface area contributed by atoms with E-state index in [0.717, 1.165) is 5.56 Å². The van der Waals surface area contributed by atoms with Gasteiger partial charge in [0.15, 0.2) is 0 Å². The second kappa shape index (κ2) is 5.00. The first-order chi connectivity index (χ1) is 8.54. The zero-order valence-electron chi connectivity index (χ0n) is 10.1. The van der Waals surface area contributed by atoms with Crippen LogP contribution in [0.4, 0.5) is 0 Å². The standard InChI is InChI=1S/C12H15BO5/c1-7-2-3-8-6-9(4-5-14)13(17)18-11(8)10(7)12(15)16/h2-3,9,14,17H,4-6H2,1H3,(H,15,16)/t9-/m0/s1. The van der Waals surface area contributed by atoms with E-state index in [2.05, 4.69) is 0 Å². The molecule has 96 valence electrons. The molecule has 0 aliphatic carbocycles. The fourth-order valence-electron chi connectivity index (χ4n) is 2.30. The normalized spacial score (nSPS) is 18.2. The summed E-state index contributed by atoms with van der Waals surface area (Å²) in [6.07, 6.45) is 0.939. The molecule has 0 amide bonds. The summed E-state index contributed by atoms with van der Waals surface area (Å²) in [5, 5.41) is 27.9. The molecule has 6 heteroatoms. The van der Waals surface area contributed by atoms with Crippen LogP contribution in [0.1, 0.15) is 27.9 Å². The summed E-state index contributed by atoms with van der Waals surface area (Å²) in [5.41, 5.74) is 1.48. The van der Waals surface area contributed by atoms with Crippen molar-refractivity contribution in [2.45, 2.75) is 25.6 Å². The van der Waals surface area contributed by atoms with Crippen molar-refractivity contribution in [2.75, 3.05) is 6.61 Å². The monoisotopic (exact) mass is 250 g/mol. The Balaban J connectivity index is 2.42. The SMILES string of the molecule is Cc1ccc2c(c1C(=O)O)OB(O)[C@@H](CCO)C2. The lowest BCUT2D eigenvalue weighted by atomic mass is 9.65. The molecule has 0 saturated carbocycles. The maximum Gasteiger partial charge on any atom is 0.526 e. The molecule has 1 aliphatic rings. The molecular weight excluding hydrogens is 235 g/mol. The van der Waals surface area contributed by atoms with Crippen LogP contribution in [0, 0.1) is 6.92 Å². The van der Waals surface area contributed by atoms with Gasteiger partial charge in [0.05, 0.1) is 0 Å². The molecule has 5 nitrogen and oxygen atoms in total. The van der Waals surface area contributed by atoms with Crippen LogP contribution in [0.5, 0.6) is 5.75 Å². The molecule has 0 bridgehead atoms. The quantitative estimate of drug-likeness (QED) is 0.692. The lowest BCUT2D eigenvalue weighted by Crippen LogP contribution is -2.35. The molecule has 0 saturated heterocycles. The first kappa shape index (κ1) is 12.9. The summed E-state index contributed by atoms with van der Waals surface area (Å²) in [5.74, 6) is -1.01. The number of hydrogen-bond acceptors (Lipinski definition) is 4. The number of benzene rings is 1. The van der Waals surface area contributed by atoms with Crippen molar-refractivity contribution in [1.82, 2.24) is 0 Å². The largest absolute Gasteiger partial charge is 0.535 e. The highest BCUT2D eigenvalue weighted by molar-refractivity contribution is 6.46. The van der Waals surface area contributed by atoms with Crippen molar-refractivity contribution in [3.63, 3.8) is 0 Å². The van der Waals surface area contributed by atoms with Crippen molar-refractivity contribution < 1.29 is 24.7 Å². The van der Waals surface area contributed by atoms with Crippen LogP contribution in [0.15, 0.2) is 12.1 Å². The highest BCUT2D eigenvalue weighted by atomic mass is 16.5. The van der Waals surface area contributed by atoms with Crippen molar-refractivity contribution in [3.05, 3.63) is 28.8 Å². The lowest BCUT2D eigenvalue weighted by Gasteiger charge is -2.28. The fraction of sp³-hybridized carbons (Fsp3) is 0.417. The molecule has 1 heterocycles. The van der Waals surface area contributed by atoms with Crippen molar-refractivity contribution in [1.29, 1.82) is 0 Å². The van der Waals surface area contributed by atoms with Crippen LogP contribution in [-0.2, 0) is 6.42 Å². The van der Waals surface area contributed by atoms with Crippen LogP contribution in [-0.4, -0.2) is 34.9 Å². The smallest absolute Gasteiger partial charge is 0.526 e. The minimum atomic E-state index is -1.07. The maximum atomic E-state index is 11.2. The zero-order valence-corrected chi connectivity index (χ0v) is 10.1. The number of carboxylic acid groups (broad SMARTS) is 1. The Labute approximate surface area is 105 Å². The van der Waals surface area contributed by atoms with Crippen molar-refractivity contribution in [3.8, 4) is 5.75 Å². The molecule has 2 rings (SSSR count). The third kappa shape index (κ3) is 2.21. The third-order valence-corrected chi connectivity index (χ3v) is 3.29. The van der Waals surface area contributed by atoms with E-state index in [1.807, 2.05) is 6.07 Å². The van der Waals surface area contributed by atoms with Gasteiger partial charge in [0.1, 0.15) is 11.3 Å². The number of hydrogen-bond donors (Lipinski definition) is 3. The van der Waals surface area contributed by atoms with E-state index in [-0.39, 0.29) is 23.7 Å². The molecule has 1 atom stereocenters. The number of aromatic carboxylic acids is 1. The molecule has 18 heavy (non-hydrogen) atoms. The van der Waals surface area contributed by atoms with E-state index in [1.165, 1.54) is 0 Å². The van der Waals surface area contributed by atoms with E-state index >= 15 is 0 Å². The molecule has 3 N–H and O–H groups in total. The van der Waals surface area contributed by atoms with Gasteiger partial charge in [0, 0.05) is 12.4 Å². The van der Waals surface area contributed by atoms with E-state index in [1.54, 1.807) is 13.0 Å². The second-order valence-corrected chi connectivity index (χ2v) is 4.54. The summed E-state index contributed by atoms with van der Waals surface area (Å²) < 4.78 is 5.33. The number of rotatable bonds is 3. The molecule has 0 fully saturated rings. The summed E-state index contributed by atoms with van der Waals surface area (Å²) in [6, 6.07) is 3.55. The van der Waals surface area contributed by atoms with E-state index in [0.29, 0.717) is 18.4 Å². The van der Waals surface area contributed by atoms with Crippen molar-refractivity contribution >= 4 is 13.1 Å². The average molecular weight is 250 g/mol. The molecule has 1 aromatic rings. The Morgan fingerprint density at radius 1 is 1.56 bits per heavy atom. The number of aliphatic hydroxyl groups is 1. The number of aliphatic hydroxyl groups excluding tert-OH is 1. The maximum absolute atomic E-state index is 11.2. The van der Waals surface area contributed by atoms with E-state index in [9.17, 15) is 14.9 Å².